The number of methoxy groups -OCH3 is 2. The molecule has 0 saturated heterocycles. The maximum atomic E-state index is 14.1. The molecule has 28 heavy (non-hydrogen) atoms. The van der Waals surface area contributed by atoms with Crippen molar-refractivity contribution in [2.24, 2.45) is 0 Å². The summed E-state index contributed by atoms with van der Waals surface area (Å²) in [5.41, 5.74) is 0.939. The van der Waals surface area contributed by atoms with Crippen LogP contribution in [0.2, 0.25) is 10.0 Å². The van der Waals surface area contributed by atoms with Crippen molar-refractivity contribution in [3.63, 3.8) is 0 Å². The zero-order valence-corrected chi connectivity index (χ0v) is 21.1. The van der Waals surface area contributed by atoms with Crippen LogP contribution in [-0.2, 0) is 4.79 Å². The van der Waals surface area contributed by atoms with Gasteiger partial charge in [-0.3, -0.25) is 4.79 Å². The molecule has 0 heterocycles. The summed E-state index contributed by atoms with van der Waals surface area (Å²) in [6, 6.07) is 2.79. The Morgan fingerprint density at radius 2 is 1.21 bits per heavy atom. The van der Waals surface area contributed by atoms with E-state index in [1.54, 1.807) is 59.0 Å². The van der Waals surface area contributed by atoms with Crippen molar-refractivity contribution >= 4 is 74.2 Å². The number of carbonyl (C=O) groups is 1. The van der Waals surface area contributed by atoms with Gasteiger partial charge in [-0.1, -0.05) is 37.0 Å². The molecule has 0 aliphatic carbocycles. The van der Waals surface area contributed by atoms with Crippen LogP contribution in [0.15, 0.2) is 12.1 Å². The van der Waals surface area contributed by atoms with Crippen LogP contribution < -0.4 is 9.47 Å². The molecule has 0 aromatic heterocycles. The highest BCUT2D eigenvalue weighted by Gasteiger charge is 2.31. The molecule has 152 valence electrons. The SMILES string of the molecule is COc1c(C(C)C(=O)C(C)c2cc(Cl)c(F)c(I)c2OC)cc(Cl)c(F)c1I. The number of rotatable bonds is 6. The van der Waals surface area contributed by atoms with Crippen LogP contribution in [0.4, 0.5) is 8.78 Å². The Bertz CT molecular complexity index is 865. The van der Waals surface area contributed by atoms with Crippen molar-refractivity contribution in [2.45, 2.75) is 25.7 Å². The smallest absolute Gasteiger partial charge is 0.158 e. The minimum atomic E-state index is -0.664. The molecule has 2 rings (SSSR count). The lowest BCUT2D eigenvalue weighted by Crippen LogP contribution is -2.19. The van der Waals surface area contributed by atoms with Crippen molar-refractivity contribution in [1.29, 1.82) is 0 Å². The summed E-state index contributed by atoms with van der Waals surface area (Å²) < 4.78 is 39.2. The Hall–Kier alpha value is -0.390. The molecular formula is C19H16Cl2F2I2O3. The first-order valence-corrected chi connectivity index (χ1v) is 10.9. The molecule has 2 atom stereocenters. The third kappa shape index (κ3) is 4.37. The molecule has 2 unspecified atom stereocenters. The summed E-state index contributed by atoms with van der Waals surface area (Å²) in [5, 5.41) is -0.186. The second-order valence-electron chi connectivity index (χ2n) is 6.06. The highest BCUT2D eigenvalue weighted by molar-refractivity contribution is 14.1. The van der Waals surface area contributed by atoms with Crippen LogP contribution in [0.1, 0.15) is 36.8 Å². The highest BCUT2D eigenvalue weighted by Crippen LogP contribution is 2.42. The van der Waals surface area contributed by atoms with Gasteiger partial charge in [0.05, 0.1) is 31.4 Å². The van der Waals surface area contributed by atoms with Gasteiger partial charge in [0.1, 0.15) is 17.3 Å². The average Bonchev–Trinajstić information content (AvgIpc) is 2.68. The van der Waals surface area contributed by atoms with Crippen LogP contribution in [0.25, 0.3) is 0 Å². The van der Waals surface area contributed by atoms with Crippen molar-refractivity contribution in [1.82, 2.24) is 0 Å². The van der Waals surface area contributed by atoms with E-state index in [2.05, 4.69) is 0 Å². The van der Waals surface area contributed by atoms with Crippen molar-refractivity contribution in [2.75, 3.05) is 14.2 Å². The van der Waals surface area contributed by atoms with Gasteiger partial charge in [0, 0.05) is 23.0 Å². The van der Waals surface area contributed by atoms with Crippen LogP contribution in [0.3, 0.4) is 0 Å². The number of halogens is 6. The fraction of sp³-hybridized carbons (Fsp3) is 0.316. The van der Waals surface area contributed by atoms with E-state index in [9.17, 15) is 13.6 Å². The van der Waals surface area contributed by atoms with Crippen molar-refractivity contribution in [3.8, 4) is 11.5 Å². The van der Waals surface area contributed by atoms with Gasteiger partial charge in [-0.15, -0.1) is 0 Å². The predicted octanol–water partition coefficient (Wildman–Crippen LogP) is 6.97. The molecule has 0 spiro atoms. The van der Waals surface area contributed by atoms with E-state index in [0.29, 0.717) is 11.1 Å². The van der Waals surface area contributed by atoms with Crippen molar-refractivity contribution < 1.29 is 23.0 Å². The van der Waals surface area contributed by atoms with Gasteiger partial charge >= 0.3 is 0 Å². The van der Waals surface area contributed by atoms with Gasteiger partial charge < -0.3 is 9.47 Å². The molecule has 0 radical (unpaired) electrons. The topological polar surface area (TPSA) is 35.5 Å². The molecule has 2 aromatic carbocycles. The third-order valence-corrected chi connectivity index (χ3v) is 6.96. The molecule has 9 heteroatoms. The maximum absolute atomic E-state index is 14.1. The van der Waals surface area contributed by atoms with Crippen LogP contribution in [0.5, 0.6) is 11.5 Å². The zero-order chi connectivity index (χ0) is 21.3. The molecular weight excluding hydrogens is 639 g/mol. The lowest BCUT2D eigenvalue weighted by atomic mass is 9.85. The zero-order valence-electron chi connectivity index (χ0n) is 15.3. The molecule has 0 N–H and O–H groups in total. The molecule has 0 aliphatic heterocycles. The summed E-state index contributed by atoms with van der Waals surface area (Å²) in [7, 11) is 2.81. The minimum absolute atomic E-state index is 0.0931. The number of hydrogen-bond acceptors (Lipinski definition) is 3. The molecule has 0 fully saturated rings. The third-order valence-electron chi connectivity index (χ3n) is 4.49. The summed E-state index contributed by atoms with van der Waals surface area (Å²) in [6.07, 6.45) is 0. The molecule has 0 aliphatic rings. The molecule has 0 amide bonds. The standard InChI is InChI=1S/C19H16Cl2F2I2O3/c1-7(9-5-11(20)13(22)15(24)18(9)27-3)17(26)8(2)10-6-12(21)14(23)16(25)19(10)28-4/h5-8H,1-4H3. The minimum Gasteiger partial charge on any atom is -0.495 e. The number of Topliss-reactive ketones (excluding diaryl/α,β-unsaturated/α-hetero) is 1. The quantitative estimate of drug-likeness (QED) is 0.249. The first kappa shape index (κ1) is 23.9. The highest BCUT2D eigenvalue weighted by atomic mass is 127. The van der Waals surface area contributed by atoms with E-state index in [1.165, 1.54) is 26.4 Å². The Labute approximate surface area is 199 Å². The Kier molecular flexibility index (Phi) is 8.20. The average molecular weight is 655 g/mol. The van der Waals surface area contributed by atoms with Crippen molar-refractivity contribution in [3.05, 3.63) is 52.1 Å². The number of ether oxygens (including phenoxy) is 2. The van der Waals surface area contributed by atoms with Crippen LogP contribution in [0, 0.1) is 18.8 Å². The predicted molar refractivity (Wildman–Crippen MR) is 123 cm³/mol. The summed E-state index contributed by atoms with van der Waals surface area (Å²) in [5.74, 6) is -2.21. The number of benzene rings is 2. The monoisotopic (exact) mass is 654 g/mol. The van der Waals surface area contributed by atoms with E-state index >= 15 is 0 Å². The maximum Gasteiger partial charge on any atom is 0.158 e. The Balaban J connectivity index is 2.53. The normalized spacial score (nSPS) is 13.2. The van der Waals surface area contributed by atoms with E-state index in [1.807, 2.05) is 0 Å². The van der Waals surface area contributed by atoms with E-state index in [-0.39, 0.29) is 34.5 Å². The number of carbonyl (C=O) groups excluding carboxylic acids is 1. The molecule has 3 nitrogen and oxygen atoms in total. The number of ketones is 1. The second kappa shape index (κ2) is 9.61. The molecule has 0 bridgehead atoms. The fourth-order valence-electron chi connectivity index (χ4n) is 2.93. The van der Waals surface area contributed by atoms with Crippen LogP contribution >= 0.6 is 68.4 Å². The first-order valence-electron chi connectivity index (χ1n) is 8.03. The van der Waals surface area contributed by atoms with Gasteiger partial charge in [0.15, 0.2) is 11.6 Å². The van der Waals surface area contributed by atoms with Gasteiger partial charge in [-0.25, -0.2) is 8.78 Å². The van der Waals surface area contributed by atoms with Gasteiger partial charge in [0.25, 0.3) is 0 Å². The first-order chi connectivity index (χ1) is 13.1. The van der Waals surface area contributed by atoms with E-state index < -0.39 is 23.5 Å². The van der Waals surface area contributed by atoms with Gasteiger partial charge in [0.2, 0.25) is 0 Å². The summed E-state index contributed by atoms with van der Waals surface area (Å²) in [4.78, 5) is 13.2. The van der Waals surface area contributed by atoms with Gasteiger partial charge in [-0.2, -0.15) is 0 Å². The summed E-state index contributed by atoms with van der Waals surface area (Å²) in [6.45, 7) is 3.37. The summed E-state index contributed by atoms with van der Waals surface area (Å²) >= 11 is 15.5. The Morgan fingerprint density at radius 3 is 1.50 bits per heavy atom. The second-order valence-corrected chi connectivity index (χ2v) is 9.04. The van der Waals surface area contributed by atoms with E-state index in [4.69, 9.17) is 32.7 Å². The van der Waals surface area contributed by atoms with Crippen LogP contribution in [-0.4, -0.2) is 20.0 Å². The van der Waals surface area contributed by atoms with E-state index in [0.717, 1.165) is 0 Å². The lowest BCUT2D eigenvalue weighted by molar-refractivity contribution is -0.121. The van der Waals surface area contributed by atoms with Gasteiger partial charge in [-0.05, 0) is 57.3 Å². The molecule has 0 saturated carbocycles. The number of hydrogen-bond donors (Lipinski definition) is 0. The fourth-order valence-corrected chi connectivity index (χ4v) is 5.32. The molecule has 2 aromatic rings. The lowest BCUT2D eigenvalue weighted by Gasteiger charge is -2.22. The largest absolute Gasteiger partial charge is 0.495 e. The Morgan fingerprint density at radius 1 is 0.893 bits per heavy atom.